The van der Waals surface area contributed by atoms with Crippen molar-refractivity contribution in [3.8, 4) is 0 Å². The molecule has 1 fully saturated rings. The third kappa shape index (κ3) is 2.51. The summed E-state index contributed by atoms with van der Waals surface area (Å²) in [4.78, 5) is 2.41. The Morgan fingerprint density at radius 2 is 1.87 bits per heavy atom. The van der Waals surface area contributed by atoms with Gasteiger partial charge in [-0.05, 0) is 38.5 Å². The summed E-state index contributed by atoms with van der Waals surface area (Å²) in [6, 6.07) is 8.68. The van der Waals surface area contributed by atoms with Crippen LogP contribution in [0.1, 0.15) is 19.4 Å². The first-order valence-electron chi connectivity index (χ1n) is 5.62. The van der Waals surface area contributed by atoms with E-state index >= 15 is 0 Å². The Labute approximate surface area is 91.9 Å². The van der Waals surface area contributed by atoms with Gasteiger partial charge in [0.15, 0.2) is 0 Å². The molecule has 2 nitrogen and oxygen atoms in total. The molecule has 15 heavy (non-hydrogen) atoms. The van der Waals surface area contributed by atoms with Crippen molar-refractivity contribution < 1.29 is 4.74 Å². The monoisotopic (exact) mass is 205 g/mol. The number of aryl methyl sites for hydroxylation is 1. The molecule has 1 aromatic rings. The van der Waals surface area contributed by atoms with Crippen molar-refractivity contribution in [3.63, 3.8) is 0 Å². The second-order valence-corrected chi connectivity index (χ2v) is 4.50. The zero-order chi connectivity index (χ0) is 10.8. The largest absolute Gasteiger partial charge is 0.372 e. The Morgan fingerprint density at radius 3 is 2.47 bits per heavy atom. The Kier molecular flexibility index (Phi) is 2.96. The molecule has 0 N–H and O–H groups in total. The zero-order valence-corrected chi connectivity index (χ0v) is 9.73. The van der Waals surface area contributed by atoms with E-state index in [4.69, 9.17) is 4.74 Å². The van der Waals surface area contributed by atoms with Gasteiger partial charge in [0.05, 0.1) is 12.2 Å². The third-order valence-corrected chi connectivity index (χ3v) is 2.79. The van der Waals surface area contributed by atoms with Crippen LogP contribution in [-0.2, 0) is 4.74 Å². The van der Waals surface area contributed by atoms with E-state index in [0.29, 0.717) is 12.2 Å². The van der Waals surface area contributed by atoms with Gasteiger partial charge in [-0.1, -0.05) is 12.1 Å². The first-order valence-corrected chi connectivity index (χ1v) is 5.62. The van der Waals surface area contributed by atoms with Crippen LogP contribution in [0.25, 0.3) is 0 Å². The lowest BCUT2D eigenvalue weighted by Gasteiger charge is -2.37. The first kappa shape index (κ1) is 10.5. The normalized spacial score (nSPS) is 26.7. The minimum atomic E-state index is 0.328. The van der Waals surface area contributed by atoms with Gasteiger partial charge >= 0.3 is 0 Å². The first-order chi connectivity index (χ1) is 7.15. The van der Waals surface area contributed by atoms with Crippen LogP contribution < -0.4 is 4.90 Å². The van der Waals surface area contributed by atoms with Gasteiger partial charge in [0, 0.05) is 18.8 Å². The van der Waals surface area contributed by atoms with Crippen molar-refractivity contribution in [1.29, 1.82) is 0 Å². The van der Waals surface area contributed by atoms with Crippen LogP contribution in [0.4, 0.5) is 5.69 Å². The number of nitrogens with zero attached hydrogens (tertiary/aromatic N) is 1. The number of anilines is 1. The molecule has 1 saturated heterocycles. The highest BCUT2D eigenvalue weighted by Crippen LogP contribution is 2.20. The minimum absolute atomic E-state index is 0.328. The maximum atomic E-state index is 5.73. The Bertz CT molecular complexity index is 327. The molecule has 0 radical (unpaired) electrons. The number of hydrogen-bond donors (Lipinski definition) is 0. The molecule has 0 amide bonds. The van der Waals surface area contributed by atoms with Crippen molar-refractivity contribution in [2.45, 2.75) is 33.0 Å². The molecule has 1 aromatic carbocycles. The second kappa shape index (κ2) is 4.23. The summed E-state index contributed by atoms with van der Waals surface area (Å²) < 4.78 is 5.73. The summed E-state index contributed by atoms with van der Waals surface area (Å²) in [7, 11) is 0. The van der Waals surface area contributed by atoms with Crippen LogP contribution in [0.2, 0.25) is 0 Å². The summed E-state index contributed by atoms with van der Waals surface area (Å²) >= 11 is 0. The van der Waals surface area contributed by atoms with Crippen molar-refractivity contribution >= 4 is 5.69 Å². The molecule has 0 bridgehead atoms. The molecule has 0 saturated carbocycles. The molecule has 0 aliphatic carbocycles. The lowest BCUT2D eigenvalue weighted by molar-refractivity contribution is -0.00521. The third-order valence-electron chi connectivity index (χ3n) is 2.79. The predicted molar refractivity (Wildman–Crippen MR) is 63.4 cm³/mol. The summed E-state index contributed by atoms with van der Waals surface area (Å²) in [5.74, 6) is 0. The molecule has 2 rings (SSSR count). The summed E-state index contributed by atoms with van der Waals surface area (Å²) in [5, 5.41) is 0. The lowest BCUT2D eigenvalue weighted by atomic mass is 10.1. The van der Waals surface area contributed by atoms with E-state index in [0.717, 1.165) is 13.1 Å². The van der Waals surface area contributed by atoms with E-state index in [-0.39, 0.29) is 0 Å². The van der Waals surface area contributed by atoms with Gasteiger partial charge in [-0.25, -0.2) is 0 Å². The van der Waals surface area contributed by atoms with Crippen LogP contribution in [0.15, 0.2) is 24.3 Å². The smallest absolute Gasteiger partial charge is 0.0726 e. The maximum absolute atomic E-state index is 5.73. The number of hydrogen-bond acceptors (Lipinski definition) is 2. The molecular weight excluding hydrogens is 186 g/mol. The van der Waals surface area contributed by atoms with Gasteiger partial charge in [0.2, 0.25) is 0 Å². The molecule has 0 spiro atoms. The van der Waals surface area contributed by atoms with Gasteiger partial charge in [-0.3, -0.25) is 0 Å². The molecule has 1 heterocycles. The van der Waals surface area contributed by atoms with Gasteiger partial charge in [0.1, 0.15) is 0 Å². The Hall–Kier alpha value is -1.02. The number of ether oxygens (including phenoxy) is 1. The van der Waals surface area contributed by atoms with E-state index in [1.807, 2.05) is 0 Å². The van der Waals surface area contributed by atoms with Crippen LogP contribution >= 0.6 is 0 Å². The topological polar surface area (TPSA) is 12.5 Å². The van der Waals surface area contributed by atoms with Crippen LogP contribution in [0, 0.1) is 6.92 Å². The molecular formula is C13H19NO. The summed E-state index contributed by atoms with van der Waals surface area (Å²) in [5.41, 5.74) is 2.64. The van der Waals surface area contributed by atoms with Crippen molar-refractivity contribution in [2.24, 2.45) is 0 Å². The molecule has 0 aromatic heterocycles. The fourth-order valence-electron chi connectivity index (χ4n) is 2.21. The van der Waals surface area contributed by atoms with Crippen molar-refractivity contribution in [2.75, 3.05) is 18.0 Å². The van der Waals surface area contributed by atoms with Crippen LogP contribution in [0.5, 0.6) is 0 Å². The Morgan fingerprint density at radius 1 is 1.20 bits per heavy atom. The standard InChI is InChI=1S/C13H19NO/c1-10-5-4-6-13(7-10)14-8-11(2)15-12(3)9-14/h4-7,11-12H,8-9H2,1-3H3/t11-,12+. The van der Waals surface area contributed by atoms with Crippen molar-refractivity contribution in [1.82, 2.24) is 0 Å². The molecule has 82 valence electrons. The highest BCUT2D eigenvalue weighted by molar-refractivity contribution is 5.48. The highest BCUT2D eigenvalue weighted by atomic mass is 16.5. The van der Waals surface area contributed by atoms with E-state index < -0.39 is 0 Å². The van der Waals surface area contributed by atoms with E-state index in [2.05, 4.69) is 49.9 Å². The quantitative estimate of drug-likeness (QED) is 0.698. The average Bonchev–Trinajstić information content (AvgIpc) is 2.16. The van der Waals surface area contributed by atoms with Crippen LogP contribution in [0.3, 0.4) is 0 Å². The molecule has 1 aliphatic rings. The predicted octanol–water partition coefficient (Wildman–Crippen LogP) is 2.61. The number of morpholine rings is 1. The van der Waals surface area contributed by atoms with E-state index in [9.17, 15) is 0 Å². The molecule has 0 unspecified atom stereocenters. The van der Waals surface area contributed by atoms with Gasteiger partial charge in [0.25, 0.3) is 0 Å². The molecule has 1 aliphatic heterocycles. The Balaban J connectivity index is 2.16. The summed E-state index contributed by atoms with van der Waals surface area (Å²) in [6.07, 6.45) is 0.656. The lowest BCUT2D eigenvalue weighted by Crippen LogP contribution is -2.45. The van der Waals surface area contributed by atoms with E-state index in [1.54, 1.807) is 0 Å². The van der Waals surface area contributed by atoms with E-state index in [1.165, 1.54) is 11.3 Å². The van der Waals surface area contributed by atoms with Crippen molar-refractivity contribution in [3.05, 3.63) is 29.8 Å². The fourth-order valence-corrected chi connectivity index (χ4v) is 2.21. The zero-order valence-electron chi connectivity index (χ0n) is 9.73. The number of benzene rings is 1. The molecule has 2 heteroatoms. The van der Waals surface area contributed by atoms with Gasteiger partial charge in [-0.15, -0.1) is 0 Å². The minimum Gasteiger partial charge on any atom is -0.372 e. The molecule has 2 atom stereocenters. The second-order valence-electron chi connectivity index (χ2n) is 4.50. The maximum Gasteiger partial charge on any atom is 0.0726 e. The summed E-state index contributed by atoms with van der Waals surface area (Å²) in [6.45, 7) is 8.40. The SMILES string of the molecule is Cc1cccc(N2C[C@@H](C)O[C@@H](C)C2)c1. The highest BCUT2D eigenvalue weighted by Gasteiger charge is 2.22. The van der Waals surface area contributed by atoms with Gasteiger partial charge in [-0.2, -0.15) is 0 Å². The van der Waals surface area contributed by atoms with Gasteiger partial charge < -0.3 is 9.64 Å². The van der Waals surface area contributed by atoms with Crippen LogP contribution in [-0.4, -0.2) is 25.3 Å². The number of rotatable bonds is 1. The fraction of sp³-hybridized carbons (Fsp3) is 0.538. The average molecular weight is 205 g/mol.